The van der Waals surface area contributed by atoms with E-state index in [0.29, 0.717) is 4.47 Å². The van der Waals surface area contributed by atoms with Crippen LogP contribution in [0.15, 0.2) is 27.2 Å². The van der Waals surface area contributed by atoms with Gasteiger partial charge in [0.25, 0.3) is 0 Å². The van der Waals surface area contributed by atoms with Crippen molar-refractivity contribution in [2.24, 2.45) is 0 Å². The van der Waals surface area contributed by atoms with Crippen LogP contribution in [0.5, 0.6) is 5.75 Å². The summed E-state index contributed by atoms with van der Waals surface area (Å²) in [6.07, 6.45) is 0. The monoisotopic (exact) mass is 272 g/mol. The second-order valence-electron chi connectivity index (χ2n) is 2.87. The number of phenolic OH excluding ortho intramolecular Hbond substituents is 1. The topological polar surface area (TPSA) is 72.3 Å². The van der Waals surface area contributed by atoms with Crippen molar-refractivity contribution < 1.29 is 14.0 Å². The molecule has 0 aliphatic heterocycles. The van der Waals surface area contributed by atoms with Gasteiger partial charge in [-0.15, -0.1) is 0 Å². The minimum absolute atomic E-state index is 0.0977. The smallest absolute Gasteiger partial charge is 0.222 e. The molecule has 15 heavy (non-hydrogen) atoms. The third kappa shape index (κ3) is 1.68. The zero-order valence-electron chi connectivity index (χ0n) is 7.37. The second-order valence-corrected chi connectivity index (χ2v) is 3.72. The molecule has 0 atom stereocenters. The SMILES string of the molecule is Nc1cc(-c2c(Br)ccc(F)c2O)no1. The van der Waals surface area contributed by atoms with Crippen LogP contribution in [0.4, 0.5) is 10.3 Å². The number of rotatable bonds is 1. The minimum atomic E-state index is -0.727. The van der Waals surface area contributed by atoms with Crippen molar-refractivity contribution in [3.05, 3.63) is 28.5 Å². The normalized spacial score (nSPS) is 10.5. The van der Waals surface area contributed by atoms with E-state index in [2.05, 4.69) is 25.6 Å². The highest BCUT2D eigenvalue weighted by Gasteiger charge is 2.16. The highest BCUT2D eigenvalue weighted by atomic mass is 79.9. The number of nitrogens with zero attached hydrogens (tertiary/aromatic N) is 1. The van der Waals surface area contributed by atoms with Crippen LogP contribution in [0.2, 0.25) is 0 Å². The molecule has 1 heterocycles. The molecule has 3 N–H and O–H groups in total. The molecule has 1 aromatic carbocycles. The van der Waals surface area contributed by atoms with E-state index >= 15 is 0 Å². The van der Waals surface area contributed by atoms with E-state index in [1.807, 2.05) is 0 Å². The highest BCUT2D eigenvalue weighted by Crippen LogP contribution is 2.37. The fourth-order valence-electron chi connectivity index (χ4n) is 1.19. The Morgan fingerprint density at radius 1 is 1.47 bits per heavy atom. The minimum Gasteiger partial charge on any atom is -0.504 e. The van der Waals surface area contributed by atoms with Crippen LogP contribution in [-0.2, 0) is 0 Å². The molecule has 1 aromatic heterocycles. The fraction of sp³-hybridized carbons (Fsp3) is 0. The molecule has 78 valence electrons. The van der Waals surface area contributed by atoms with E-state index < -0.39 is 11.6 Å². The van der Waals surface area contributed by atoms with Crippen molar-refractivity contribution in [1.29, 1.82) is 0 Å². The van der Waals surface area contributed by atoms with Crippen molar-refractivity contribution in [3.8, 4) is 17.0 Å². The van der Waals surface area contributed by atoms with E-state index in [-0.39, 0.29) is 17.1 Å². The molecular weight excluding hydrogens is 267 g/mol. The Labute approximate surface area is 92.6 Å². The van der Waals surface area contributed by atoms with Gasteiger partial charge in [-0.1, -0.05) is 5.16 Å². The molecule has 4 nitrogen and oxygen atoms in total. The van der Waals surface area contributed by atoms with Crippen molar-refractivity contribution in [3.63, 3.8) is 0 Å². The maximum Gasteiger partial charge on any atom is 0.222 e. The van der Waals surface area contributed by atoms with Crippen molar-refractivity contribution in [1.82, 2.24) is 5.16 Å². The summed E-state index contributed by atoms with van der Waals surface area (Å²) < 4.78 is 18.2. The predicted molar refractivity (Wildman–Crippen MR) is 55.7 cm³/mol. The van der Waals surface area contributed by atoms with Crippen LogP contribution in [0.25, 0.3) is 11.3 Å². The van der Waals surface area contributed by atoms with Crippen LogP contribution in [-0.4, -0.2) is 10.3 Å². The van der Waals surface area contributed by atoms with Crippen LogP contribution in [0.1, 0.15) is 0 Å². The lowest BCUT2D eigenvalue weighted by Gasteiger charge is -2.03. The first kappa shape index (κ1) is 9.97. The Balaban J connectivity index is 2.66. The Morgan fingerprint density at radius 2 is 2.20 bits per heavy atom. The molecular formula is C9H6BrFN2O2. The fourth-order valence-corrected chi connectivity index (χ4v) is 1.71. The van der Waals surface area contributed by atoms with E-state index in [9.17, 15) is 9.50 Å². The van der Waals surface area contributed by atoms with Crippen LogP contribution in [0, 0.1) is 5.82 Å². The number of hydrogen-bond acceptors (Lipinski definition) is 4. The van der Waals surface area contributed by atoms with Crippen LogP contribution in [0.3, 0.4) is 0 Å². The zero-order chi connectivity index (χ0) is 11.0. The van der Waals surface area contributed by atoms with E-state index in [4.69, 9.17) is 5.73 Å². The quantitative estimate of drug-likeness (QED) is 0.837. The number of halogens is 2. The number of anilines is 1. The van der Waals surface area contributed by atoms with Gasteiger partial charge in [-0.25, -0.2) is 4.39 Å². The summed E-state index contributed by atoms with van der Waals surface area (Å²) in [6.45, 7) is 0. The van der Waals surface area contributed by atoms with Gasteiger partial charge in [0.05, 0.1) is 5.56 Å². The number of aromatic hydroxyl groups is 1. The summed E-state index contributed by atoms with van der Waals surface area (Å²) in [5.41, 5.74) is 5.83. The Morgan fingerprint density at radius 3 is 2.80 bits per heavy atom. The molecule has 0 fully saturated rings. The number of nitrogen functional groups attached to an aromatic ring is 1. The molecule has 0 spiro atoms. The van der Waals surface area contributed by atoms with Crippen molar-refractivity contribution >= 4 is 21.8 Å². The van der Waals surface area contributed by atoms with Gasteiger partial charge in [-0.3, -0.25) is 0 Å². The van der Waals surface area contributed by atoms with Gasteiger partial charge in [0.2, 0.25) is 5.88 Å². The number of phenols is 1. The van der Waals surface area contributed by atoms with Crippen molar-refractivity contribution in [2.45, 2.75) is 0 Å². The van der Waals surface area contributed by atoms with Crippen LogP contribution < -0.4 is 5.73 Å². The second kappa shape index (κ2) is 3.54. The third-order valence-electron chi connectivity index (χ3n) is 1.86. The lowest BCUT2D eigenvalue weighted by atomic mass is 10.1. The first-order valence-corrected chi connectivity index (χ1v) is 4.78. The number of aromatic nitrogens is 1. The number of nitrogens with two attached hydrogens (primary N) is 1. The first-order chi connectivity index (χ1) is 7.09. The maximum absolute atomic E-state index is 13.1. The van der Waals surface area contributed by atoms with E-state index in [0.717, 1.165) is 6.07 Å². The first-order valence-electron chi connectivity index (χ1n) is 3.99. The third-order valence-corrected chi connectivity index (χ3v) is 2.52. The largest absolute Gasteiger partial charge is 0.504 e. The Kier molecular flexibility index (Phi) is 2.36. The highest BCUT2D eigenvalue weighted by molar-refractivity contribution is 9.10. The predicted octanol–water partition coefficient (Wildman–Crippen LogP) is 2.53. The molecule has 2 rings (SSSR count). The Hall–Kier alpha value is -1.56. The van der Waals surface area contributed by atoms with Gasteiger partial charge in [0, 0.05) is 10.5 Å². The van der Waals surface area contributed by atoms with Gasteiger partial charge in [-0.2, -0.15) is 0 Å². The summed E-state index contributed by atoms with van der Waals surface area (Å²) in [5.74, 6) is -1.12. The lowest BCUT2D eigenvalue weighted by Crippen LogP contribution is -1.85. The summed E-state index contributed by atoms with van der Waals surface area (Å²) in [7, 11) is 0. The maximum atomic E-state index is 13.1. The average molecular weight is 273 g/mol. The molecule has 0 aliphatic carbocycles. The van der Waals surface area contributed by atoms with Gasteiger partial charge in [0.1, 0.15) is 5.69 Å². The summed E-state index contributed by atoms with van der Waals surface area (Å²) >= 11 is 3.18. The van der Waals surface area contributed by atoms with Gasteiger partial charge in [-0.05, 0) is 28.1 Å². The lowest BCUT2D eigenvalue weighted by molar-refractivity contribution is 0.427. The Bertz CT molecular complexity index is 513. The van der Waals surface area contributed by atoms with Crippen LogP contribution >= 0.6 is 15.9 Å². The standard InChI is InChI=1S/C9H6BrFN2O2/c10-4-1-2-5(11)9(14)8(4)6-3-7(12)15-13-6/h1-3,14H,12H2. The molecule has 0 amide bonds. The van der Waals surface area contributed by atoms with Crippen molar-refractivity contribution in [2.75, 3.05) is 5.73 Å². The summed E-state index contributed by atoms with van der Waals surface area (Å²) in [4.78, 5) is 0. The van der Waals surface area contributed by atoms with Gasteiger partial charge >= 0.3 is 0 Å². The van der Waals surface area contributed by atoms with Gasteiger partial charge in [0.15, 0.2) is 11.6 Å². The summed E-state index contributed by atoms with van der Waals surface area (Å²) in [6, 6.07) is 4.01. The molecule has 0 bridgehead atoms. The van der Waals surface area contributed by atoms with Gasteiger partial charge < -0.3 is 15.4 Å². The zero-order valence-corrected chi connectivity index (χ0v) is 8.95. The molecule has 0 aliphatic rings. The number of benzene rings is 1. The summed E-state index contributed by atoms with van der Waals surface area (Å²) in [5, 5.41) is 13.1. The number of hydrogen-bond donors (Lipinski definition) is 2. The average Bonchev–Trinajstić information content (AvgIpc) is 2.59. The molecule has 6 heteroatoms. The molecule has 0 saturated carbocycles. The molecule has 2 aromatic rings. The van der Waals surface area contributed by atoms with E-state index in [1.165, 1.54) is 12.1 Å². The van der Waals surface area contributed by atoms with E-state index in [1.54, 1.807) is 0 Å². The molecule has 0 saturated heterocycles. The molecule has 0 unspecified atom stereocenters. The molecule has 0 radical (unpaired) electrons.